The lowest BCUT2D eigenvalue weighted by molar-refractivity contribution is 0.0700. The summed E-state index contributed by atoms with van der Waals surface area (Å²) < 4.78 is 5.54. The Hall–Kier alpha value is -2.47. The summed E-state index contributed by atoms with van der Waals surface area (Å²) in [6, 6.07) is 11.8. The predicted octanol–water partition coefficient (Wildman–Crippen LogP) is 4.13. The van der Waals surface area contributed by atoms with E-state index in [4.69, 9.17) is 4.52 Å². The average molecular weight is 353 g/mol. The molecule has 0 spiro atoms. The number of likely N-dealkylation sites (tertiary alicyclic amines) is 1. The first-order valence-electron chi connectivity index (χ1n) is 8.45. The van der Waals surface area contributed by atoms with Gasteiger partial charge in [0.15, 0.2) is 0 Å². The summed E-state index contributed by atoms with van der Waals surface area (Å²) in [5.41, 5.74) is 2.10. The second-order valence-electron chi connectivity index (χ2n) is 6.34. The fourth-order valence-electron chi connectivity index (χ4n) is 3.25. The van der Waals surface area contributed by atoms with E-state index in [1.807, 2.05) is 53.6 Å². The van der Waals surface area contributed by atoms with Crippen LogP contribution in [0.1, 0.15) is 39.9 Å². The minimum Gasteiger partial charge on any atom is -0.339 e. The largest absolute Gasteiger partial charge is 0.339 e. The molecule has 1 unspecified atom stereocenters. The van der Waals surface area contributed by atoms with Crippen molar-refractivity contribution in [2.75, 3.05) is 13.1 Å². The summed E-state index contributed by atoms with van der Waals surface area (Å²) in [4.78, 5) is 19.9. The van der Waals surface area contributed by atoms with Crippen LogP contribution >= 0.6 is 11.3 Å². The monoisotopic (exact) mass is 353 g/mol. The molecule has 0 bridgehead atoms. The maximum Gasteiger partial charge on any atom is 0.263 e. The van der Waals surface area contributed by atoms with Crippen molar-refractivity contribution >= 4 is 17.2 Å². The van der Waals surface area contributed by atoms with Crippen molar-refractivity contribution in [1.29, 1.82) is 0 Å². The number of aromatic nitrogens is 2. The van der Waals surface area contributed by atoms with Crippen LogP contribution in [0.25, 0.3) is 11.4 Å². The highest BCUT2D eigenvalue weighted by Gasteiger charge is 2.29. The van der Waals surface area contributed by atoms with Crippen molar-refractivity contribution in [3.05, 3.63) is 58.1 Å². The quantitative estimate of drug-likeness (QED) is 0.710. The first-order valence-corrected chi connectivity index (χ1v) is 9.33. The maximum atomic E-state index is 12.6. The standard InChI is InChI=1S/C19H19N3O2S/c1-13-6-2-3-8-15(13)17-20-18(24-21-17)14-7-4-10-22(12-14)19(23)16-9-5-11-25-16/h2-3,5-6,8-9,11,14H,4,7,10,12H2,1H3. The van der Waals surface area contributed by atoms with Gasteiger partial charge < -0.3 is 9.42 Å². The molecule has 25 heavy (non-hydrogen) atoms. The third-order valence-corrected chi connectivity index (χ3v) is 5.48. The molecule has 1 saturated heterocycles. The molecule has 3 heterocycles. The summed E-state index contributed by atoms with van der Waals surface area (Å²) in [7, 11) is 0. The highest BCUT2D eigenvalue weighted by atomic mass is 32.1. The molecular weight excluding hydrogens is 334 g/mol. The highest BCUT2D eigenvalue weighted by Crippen LogP contribution is 2.29. The Morgan fingerprint density at radius 1 is 1.28 bits per heavy atom. The van der Waals surface area contributed by atoms with E-state index in [1.54, 1.807) is 0 Å². The van der Waals surface area contributed by atoms with Crippen LogP contribution in [0, 0.1) is 6.92 Å². The number of carbonyl (C=O) groups excluding carboxylic acids is 1. The fourth-order valence-corrected chi connectivity index (χ4v) is 3.94. The van der Waals surface area contributed by atoms with E-state index >= 15 is 0 Å². The third kappa shape index (κ3) is 3.22. The van der Waals surface area contributed by atoms with Gasteiger partial charge in [-0.15, -0.1) is 11.3 Å². The average Bonchev–Trinajstić information content (AvgIpc) is 3.34. The number of thiophene rings is 1. The third-order valence-electron chi connectivity index (χ3n) is 4.62. The lowest BCUT2D eigenvalue weighted by Crippen LogP contribution is -2.38. The van der Waals surface area contributed by atoms with Gasteiger partial charge >= 0.3 is 0 Å². The van der Waals surface area contributed by atoms with E-state index in [-0.39, 0.29) is 11.8 Å². The number of hydrogen-bond acceptors (Lipinski definition) is 5. The molecular formula is C19H19N3O2S. The van der Waals surface area contributed by atoms with Gasteiger partial charge in [0.25, 0.3) is 5.91 Å². The summed E-state index contributed by atoms with van der Waals surface area (Å²) >= 11 is 1.48. The molecule has 0 aliphatic carbocycles. The predicted molar refractivity (Wildman–Crippen MR) is 96.7 cm³/mol. The molecule has 1 atom stereocenters. The molecule has 3 aromatic rings. The number of benzene rings is 1. The van der Waals surface area contributed by atoms with Crippen LogP contribution in [0.3, 0.4) is 0 Å². The van der Waals surface area contributed by atoms with E-state index in [0.717, 1.165) is 35.4 Å². The van der Waals surface area contributed by atoms with E-state index < -0.39 is 0 Å². The van der Waals surface area contributed by atoms with Gasteiger partial charge in [-0.3, -0.25) is 4.79 Å². The van der Waals surface area contributed by atoms with Gasteiger partial charge in [0.1, 0.15) is 0 Å². The molecule has 1 aliphatic heterocycles. The molecule has 6 heteroatoms. The second-order valence-corrected chi connectivity index (χ2v) is 7.29. The van der Waals surface area contributed by atoms with Crippen molar-refractivity contribution < 1.29 is 9.32 Å². The van der Waals surface area contributed by atoms with E-state index in [9.17, 15) is 4.79 Å². The number of nitrogens with zero attached hydrogens (tertiary/aromatic N) is 3. The van der Waals surface area contributed by atoms with E-state index in [2.05, 4.69) is 10.1 Å². The van der Waals surface area contributed by atoms with Crippen LogP contribution < -0.4 is 0 Å². The summed E-state index contributed by atoms with van der Waals surface area (Å²) in [6.45, 7) is 3.45. The van der Waals surface area contributed by atoms with Crippen LogP contribution in [0.5, 0.6) is 0 Å². The van der Waals surface area contributed by atoms with Gasteiger partial charge in [-0.2, -0.15) is 4.98 Å². The van der Waals surface area contributed by atoms with Crippen molar-refractivity contribution in [3.8, 4) is 11.4 Å². The van der Waals surface area contributed by atoms with Gasteiger partial charge in [0.2, 0.25) is 11.7 Å². The maximum absolute atomic E-state index is 12.6. The lowest BCUT2D eigenvalue weighted by atomic mass is 9.97. The molecule has 0 N–H and O–H groups in total. The fraction of sp³-hybridized carbons (Fsp3) is 0.316. The number of rotatable bonds is 3. The van der Waals surface area contributed by atoms with Gasteiger partial charge in [-0.25, -0.2) is 0 Å². The Morgan fingerprint density at radius 2 is 2.16 bits per heavy atom. The molecule has 4 rings (SSSR count). The highest BCUT2D eigenvalue weighted by molar-refractivity contribution is 7.12. The number of piperidine rings is 1. The lowest BCUT2D eigenvalue weighted by Gasteiger charge is -2.30. The molecule has 1 aromatic carbocycles. The second kappa shape index (κ2) is 6.80. The van der Waals surface area contributed by atoms with E-state index in [0.29, 0.717) is 18.3 Å². The van der Waals surface area contributed by atoms with Gasteiger partial charge in [0.05, 0.1) is 10.8 Å². The number of aryl methyl sites for hydroxylation is 1. The molecule has 1 fully saturated rings. The van der Waals surface area contributed by atoms with Crippen LogP contribution in [-0.4, -0.2) is 34.0 Å². The number of amides is 1. The molecule has 0 radical (unpaired) electrons. The minimum atomic E-state index is 0.0957. The molecule has 1 aliphatic rings. The van der Waals surface area contributed by atoms with Crippen LogP contribution in [0.2, 0.25) is 0 Å². The molecule has 128 valence electrons. The Labute approximate surface area is 150 Å². The van der Waals surface area contributed by atoms with Gasteiger partial charge in [-0.05, 0) is 36.8 Å². The normalized spacial score (nSPS) is 17.6. The Morgan fingerprint density at radius 3 is 2.96 bits per heavy atom. The summed E-state index contributed by atoms with van der Waals surface area (Å²) in [5, 5.41) is 6.09. The van der Waals surface area contributed by atoms with Crippen molar-refractivity contribution in [2.24, 2.45) is 0 Å². The minimum absolute atomic E-state index is 0.0957. The molecule has 0 saturated carbocycles. The number of carbonyl (C=O) groups is 1. The van der Waals surface area contributed by atoms with Crippen LogP contribution in [0.4, 0.5) is 0 Å². The van der Waals surface area contributed by atoms with Crippen LogP contribution in [0.15, 0.2) is 46.3 Å². The zero-order valence-corrected chi connectivity index (χ0v) is 14.8. The Kier molecular flexibility index (Phi) is 4.36. The zero-order chi connectivity index (χ0) is 17.2. The zero-order valence-electron chi connectivity index (χ0n) is 14.0. The topological polar surface area (TPSA) is 59.2 Å². The first-order chi connectivity index (χ1) is 12.2. The smallest absolute Gasteiger partial charge is 0.263 e. The molecule has 2 aromatic heterocycles. The van der Waals surface area contributed by atoms with Crippen molar-refractivity contribution in [2.45, 2.75) is 25.7 Å². The Balaban J connectivity index is 1.52. The molecule has 1 amide bonds. The molecule has 5 nitrogen and oxygen atoms in total. The Bertz CT molecular complexity index is 872. The van der Waals surface area contributed by atoms with Crippen LogP contribution in [-0.2, 0) is 0 Å². The SMILES string of the molecule is Cc1ccccc1-c1noc(C2CCCN(C(=O)c3cccs3)C2)n1. The summed E-state index contributed by atoms with van der Waals surface area (Å²) in [6.07, 6.45) is 1.91. The van der Waals surface area contributed by atoms with Gasteiger partial charge in [-0.1, -0.05) is 35.5 Å². The van der Waals surface area contributed by atoms with Crippen molar-refractivity contribution in [3.63, 3.8) is 0 Å². The van der Waals surface area contributed by atoms with E-state index in [1.165, 1.54) is 11.3 Å². The number of hydrogen-bond donors (Lipinski definition) is 0. The van der Waals surface area contributed by atoms with Crippen molar-refractivity contribution in [1.82, 2.24) is 15.0 Å². The summed E-state index contributed by atoms with van der Waals surface area (Å²) in [5.74, 6) is 1.44. The van der Waals surface area contributed by atoms with Gasteiger partial charge in [0, 0.05) is 18.7 Å². The first kappa shape index (κ1) is 16.0.